The van der Waals surface area contributed by atoms with Gasteiger partial charge in [0.15, 0.2) is 6.10 Å². The Hall–Kier alpha value is -1.29. The van der Waals surface area contributed by atoms with Gasteiger partial charge < -0.3 is 10.1 Å². The molecule has 1 aromatic carbocycles. The maximum absolute atomic E-state index is 13.1. The molecule has 1 atom stereocenters. The first-order chi connectivity index (χ1) is 8.06. The largest absolute Gasteiger partial charge is 0.481 e. The Morgan fingerprint density at radius 3 is 2.88 bits per heavy atom. The van der Waals surface area contributed by atoms with Crippen molar-refractivity contribution in [3.8, 4) is 5.75 Å². The van der Waals surface area contributed by atoms with Gasteiger partial charge in [-0.1, -0.05) is 11.6 Å². The maximum Gasteiger partial charge on any atom is 0.260 e. The summed E-state index contributed by atoms with van der Waals surface area (Å²) in [5, 5.41) is 2.85. The van der Waals surface area contributed by atoms with E-state index in [4.69, 9.17) is 16.3 Å². The molecule has 3 nitrogen and oxygen atoms in total. The van der Waals surface area contributed by atoms with E-state index in [0.29, 0.717) is 5.75 Å². The zero-order valence-electron chi connectivity index (χ0n) is 9.37. The van der Waals surface area contributed by atoms with Crippen LogP contribution in [0.3, 0.4) is 0 Å². The number of amides is 1. The Labute approximate surface area is 104 Å². The van der Waals surface area contributed by atoms with Crippen molar-refractivity contribution in [1.82, 2.24) is 5.32 Å². The molecule has 0 bridgehead atoms. The molecule has 0 spiro atoms. The highest BCUT2D eigenvalue weighted by Gasteiger charge is 2.26. The van der Waals surface area contributed by atoms with Gasteiger partial charge in [0.1, 0.15) is 11.6 Å². The SMILES string of the molecule is CC(Oc1ccc(Cl)c(F)c1)C(=O)NC1CC1. The van der Waals surface area contributed by atoms with E-state index in [-0.39, 0.29) is 17.0 Å². The summed E-state index contributed by atoms with van der Waals surface area (Å²) >= 11 is 5.55. The number of hydrogen-bond donors (Lipinski definition) is 1. The zero-order chi connectivity index (χ0) is 12.4. The van der Waals surface area contributed by atoms with Crippen molar-refractivity contribution >= 4 is 17.5 Å². The van der Waals surface area contributed by atoms with E-state index in [0.717, 1.165) is 12.8 Å². The van der Waals surface area contributed by atoms with Crippen molar-refractivity contribution in [3.05, 3.63) is 29.0 Å². The van der Waals surface area contributed by atoms with E-state index in [2.05, 4.69) is 5.32 Å². The van der Waals surface area contributed by atoms with Crippen LogP contribution in [0.5, 0.6) is 5.75 Å². The lowest BCUT2D eigenvalue weighted by atomic mass is 10.3. The Kier molecular flexibility index (Phi) is 3.52. The third kappa shape index (κ3) is 3.33. The maximum atomic E-state index is 13.1. The van der Waals surface area contributed by atoms with Crippen LogP contribution in [0, 0.1) is 5.82 Å². The number of hydrogen-bond acceptors (Lipinski definition) is 2. The lowest BCUT2D eigenvalue weighted by Crippen LogP contribution is -2.37. The molecule has 0 heterocycles. The van der Waals surface area contributed by atoms with Gasteiger partial charge in [-0.3, -0.25) is 4.79 Å². The molecule has 1 saturated carbocycles. The summed E-state index contributed by atoms with van der Waals surface area (Å²) in [7, 11) is 0. The molecule has 0 aromatic heterocycles. The second-order valence-corrected chi connectivity index (χ2v) is 4.53. The highest BCUT2D eigenvalue weighted by molar-refractivity contribution is 6.30. The third-order valence-corrected chi connectivity index (χ3v) is 2.80. The van der Waals surface area contributed by atoms with Crippen LogP contribution < -0.4 is 10.1 Å². The van der Waals surface area contributed by atoms with Gasteiger partial charge in [-0.15, -0.1) is 0 Å². The van der Waals surface area contributed by atoms with E-state index in [1.54, 1.807) is 6.92 Å². The minimum Gasteiger partial charge on any atom is -0.481 e. The van der Waals surface area contributed by atoms with Gasteiger partial charge in [-0.25, -0.2) is 4.39 Å². The number of halogens is 2. The predicted octanol–water partition coefficient (Wildman–Crippen LogP) is 2.53. The van der Waals surface area contributed by atoms with Gasteiger partial charge in [0.05, 0.1) is 5.02 Å². The number of carbonyl (C=O) groups is 1. The van der Waals surface area contributed by atoms with Gasteiger partial charge in [-0.2, -0.15) is 0 Å². The summed E-state index contributed by atoms with van der Waals surface area (Å²) < 4.78 is 18.5. The Morgan fingerprint density at radius 1 is 1.59 bits per heavy atom. The smallest absolute Gasteiger partial charge is 0.260 e. The van der Waals surface area contributed by atoms with Crippen LogP contribution >= 0.6 is 11.6 Å². The van der Waals surface area contributed by atoms with Crippen molar-refractivity contribution in [2.24, 2.45) is 0 Å². The van der Waals surface area contributed by atoms with E-state index < -0.39 is 11.9 Å². The lowest BCUT2D eigenvalue weighted by Gasteiger charge is -2.14. The van der Waals surface area contributed by atoms with Crippen LogP contribution in [0.1, 0.15) is 19.8 Å². The summed E-state index contributed by atoms with van der Waals surface area (Å²) in [4.78, 5) is 11.6. The average molecular weight is 258 g/mol. The molecule has 1 fully saturated rings. The Morgan fingerprint density at radius 2 is 2.29 bits per heavy atom. The number of benzene rings is 1. The van der Waals surface area contributed by atoms with E-state index >= 15 is 0 Å². The number of carbonyl (C=O) groups excluding carboxylic acids is 1. The first kappa shape index (κ1) is 12.2. The molecule has 0 radical (unpaired) electrons. The van der Waals surface area contributed by atoms with Crippen LogP contribution in [0.25, 0.3) is 0 Å². The van der Waals surface area contributed by atoms with Crippen LogP contribution in [0.2, 0.25) is 5.02 Å². The van der Waals surface area contributed by atoms with Crippen LogP contribution in [-0.2, 0) is 4.79 Å². The average Bonchev–Trinajstić information content (AvgIpc) is 3.07. The highest BCUT2D eigenvalue weighted by atomic mass is 35.5. The monoisotopic (exact) mass is 257 g/mol. The fraction of sp³-hybridized carbons (Fsp3) is 0.417. The third-order valence-electron chi connectivity index (χ3n) is 2.50. The van der Waals surface area contributed by atoms with Crippen LogP contribution in [0.4, 0.5) is 4.39 Å². The Bertz CT molecular complexity index is 435. The fourth-order valence-electron chi connectivity index (χ4n) is 1.35. The number of nitrogens with one attached hydrogen (secondary N) is 1. The molecule has 17 heavy (non-hydrogen) atoms. The first-order valence-electron chi connectivity index (χ1n) is 5.48. The van der Waals surface area contributed by atoms with Gasteiger partial charge in [0, 0.05) is 12.1 Å². The quantitative estimate of drug-likeness (QED) is 0.900. The molecule has 1 aliphatic carbocycles. The predicted molar refractivity (Wildman–Crippen MR) is 62.7 cm³/mol. The van der Waals surface area contributed by atoms with Crippen LogP contribution in [-0.4, -0.2) is 18.1 Å². The second kappa shape index (κ2) is 4.92. The summed E-state index contributed by atoms with van der Waals surface area (Å²) in [6, 6.07) is 4.39. The molecule has 5 heteroatoms. The molecule has 1 aromatic rings. The van der Waals surface area contributed by atoms with Crippen LogP contribution in [0.15, 0.2) is 18.2 Å². The normalized spacial score (nSPS) is 16.4. The van der Waals surface area contributed by atoms with E-state index in [1.807, 2.05) is 0 Å². The standard InChI is InChI=1S/C12H13ClFNO2/c1-7(12(16)15-8-2-3-8)17-9-4-5-10(13)11(14)6-9/h4-8H,2-3H2,1H3,(H,15,16). The topological polar surface area (TPSA) is 38.3 Å². The van der Waals surface area contributed by atoms with Gasteiger partial charge in [-0.05, 0) is 31.9 Å². The molecule has 2 rings (SSSR count). The molecule has 1 aliphatic rings. The summed E-state index contributed by atoms with van der Waals surface area (Å²) in [5.74, 6) is -0.438. The van der Waals surface area contributed by atoms with Gasteiger partial charge in [0.25, 0.3) is 5.91 Å². The minimum atomic E-state index is -0.642. The summed E-state index contributed by atoms with van der Waals surface area (Å²) in [6.45, 7) is 1.63. The molecule has 0 aliphatic heterocycles. The second-order valence-electron chi connectivity index (χ2n) is 4.12. The molecule has 1 unspecified atom stereocenters. The molecule has 0 saturated heterocycles. The van der Waals surface area contributed by atoms with Crippen molar-refractivity contribution in [2.75, 3.05) is 0 Å². The number of rotatable bonds is 4. The summed E-state index contributed by atoms with van der Waals surface area (Å²) in [5.41, 5.74) is 0. The summed E-state index contributed by atoms with van der Waals surface area (Å²) in [6.07, 6.45) is 1.40. The molecular weight excluding hydrogens is 245 g/mol. The zero-order valence-corrected chi connectivity index (χ0v) is 10.1. The highest BCUT2D eigenvalue weighted by Crippen LogP contribution is 2.22. The van der Waals surface area contributed by atoms with Crippen molar-refractivity contribution in [1.29, 1.82) is 0 Å². The minimum absolute atomic E-state index is 0.0347. The van der Waals surface area contributed by atoms with Gasteiger partial charge in [0.2, 0.25) is 0 Å². The molecule has 92 valence electrons. The van der Waals surface area contributed by atoms with Crippen molar-refractivity contribution in [2.45, 2.75) is 31.9 Å². The molecule has 1 N–H and O–H groups in total. The van der Waals surface area contributed by atoms with Crippen molar-refractivity contribution < 1.29 is 13.9 Å². The Balaban J connectivity index is 1.94. The van der Waals surface area contributed by atoms with Gasteiger partial charge >= 0.3 is 0 Å². The number of ether oxygens (including phenoxy) is 1. The van der Waals surface area contributed by atoms with E-state index in [1.165, 1.54) is 18.2 Å². The fourth-order valence-corrected chi connectivity index (χ4v) is 1.47. The van der Waals surface area contributed by atoms with E-state index in [9.17, 15) is 9.18 Å². The van der Waals surface area contributed by atoms with Crippen molar-refractivity contribution in [3.63, 3.8) is 0 Å². The molecular formula is C12H13ClFNO2. The first-order valence-corrected chi connectivity index (χ1v) is 5.86. The lowest BCUT2D eigenvalue weighted by molar-refractivity contribution is -0.127. The molecule has 1 amide bonds.